The fourth-order valence-corrected chi connectivity index (χ4v) is 1.90. The van der Waals surface area contributed by atoms with Crippen molar-refractivity contribution in [3.63, 3.8) is 0 Å². The average Bonchev–Trinajstić information content (AvgIpc) is 2.48. The summed E-state index contributed by atoms with van der Waals surface area (Å²) < 4.78 is 2.30. The Hall–Kier alpha value is -1.53. The van der Waals surface area contributed by atoms with E-state index in [9.17, 15) is 0 Å². The molecule has 0 atom stereocenters. The Morgan fingerprint density at radius 2 is 1.86 bits per heavy atom. The second-order valence-electron chi connectivity index (χ2n) is 3.74. The Labute approximate surface area is 138 Å². The maximum Gasteiger partial charge on any atom is 0.259 e. The van der Waals surface area contributed by atoms with Gasteiger partial charge in [0.2, 0.25) is 6.20 Å². The van der Waals surface area contributed by atoms with Crippen LogP contribution >= 0.6 is 31.9 Å². The molecule has 0 aliphatic carbocycles. The first-order valence-corrected chi connectivity index (χ1v) is 7.27. The number of pyridine rings is 2. The second kappa shape index (κ2) is 8.69. The van der Waals surface area contributed by atoms with Crippen LogP contribution in [0.25, 0.3) is 0 Å². The third-order valence-electron chi connectivity index (χ3n) is 2.31. The Kier molecular flexibility index (Phi) is 7.25. The number of hydrogen-bond donors (Lipinski definition) is 3. The summed E-state index contributed by atoms with van der Waals surface area (Å²) in [5, 5.41) is 34.8. The predicted octanol–water partition coefficient (Wildman–Crippen LogP) is 1.67. The van der Waals surface area contributed by atoms with E-state index in [-0.39, 0.29) is 13.2 Å². The molecule has 0 aromatic carbocycles. The molecule has 2 aromatic rings. The van der Waals surface area contributed by atoms with E-state index in [1.807, 2.05) is 6.07 Å². The minimum Gasteiger partial charge on any atom is -0.390 e. The van der Waals surface area contributed by atoms with Crippen LogP contribution in [0, 0.1) is 11.3 Å². The highest BCUT2D eigenvalue weighted by atomic mass is 79.9. The van der Waals surface area contributed by atoms with E-state index in [4.69, 9.17) is 20.7 Å². The number of hydrogen-bond acceptors (Lipinski definition) is 5. The first kappa shape index (κ1) is 17.5. The lowest BCUT2D eigenvalue weighted by atomic mass is 10.3. The lowest BCUT2D eigenvalue weighted by Crippen LogP contribution is -2.34. The van der Waals surface area contributed by atoms with Crippen molar-refractivity contribution < 1.29 is 20.2 Å². The molecule has 21 heavy (non-hydrogen) atoms. The molecule has 0 saturated heterocycles. The molecular formula is C13H12Br2N3O3+. The van der Waals surface area contributed by atoms with Gasteiger partial charge in [0.25, 0.3) is 5.69 Å². The van der Waals surface area contributed by atoms with Gasteiger partial charge in [0.05, 0.1) is 21.2 Å². The molecule has 2 rings (SSSR count). The van der Waals surface area contributed by atoms with Gasteiger partial charge >= 0.3 is 0 Å². The van der Waals surface area contributed by atoms with Crippen LogP contribution < -0.4 is 4.73 Å². The quantitative estimate of drug-likeness (QED) is 0.509. The van der Waals surface area contributed by atoms with Gasteiger partial charge in [-0.3, -0.25) is 5.21 Å². The Morgan fingerprint density at radius 3 is 2.38 bits per heavy atom. The number of nitriles is 1. The van der Waals surface area contributed by atoms with Gasteiger partial charge in [-0.25, -0.2) is 4.98 Å². The first-order chi connectivity index (χ1) is 10.0. The van der Waals surface area contributed by atoms with Crippen molar-refractivity contribution in [3.05, 3.63) is 56.5 Å². The molecule has 0 unspecified atom stereocenters. The van der Waals surface area contributed by atoms with E-state index in [2.05, 4.69) is 36.8 Å². The standard InChI is InChI=1S/C7H5BrN2O.C6H7BrNO2/c8-6-2-1-5(4-11)10-7(6)3-9;7-5-1-2-6(4-9)8(10)3-5/h1-2,11H,4H2;1-3,9-10H,4H2/q;+1. The number of rotatable bonds is 2. The van der Waals surface area contributed by atoms with E-state index in [1.165, 1.54) is 6.20 Å². The van der Waals surface area contributed by atoms with Crippen LogP contribution in [0.1, 0.15) is 17.1 Å². The van der Waals surface area contributed by atoms with Crippen LogP contribution in [0.3, 0.4) is 0 Å². The van der Waals surface area contributed by atoms with Crippen LogP contribution in [0.5, 0.6) is 0 Å². The maximum atomic E-state index is 9.02. The SMILES string of the molecule is N#Cc1nc(CO)ccc1Br.OCc1ccc(Br)c[n+]1O. The molecular weight excluding hydrogens is 406 g/mol. The van der Waals surface area contributed by atoms with E-state index in [0.717, 1.165) is 9.20 Å². The summed E-state index contributed by atoms with van der Waals surface area (Å²) in [5.74, 6) is 0. The van der Waals surface area contributed by atoms with E-state index in [1.54, 1.807) is 24.3 Å². The summed E-state index contributed by atoms with van der Waals surface area (Å²) >= 11 is 6.32. The topological polar surface area (TPSA) is 101 Å². The minimum absolute atomic E-state index is 0.137. The number of halogens is 2. The Morgan fingerprint density at radius 1 is 1.14 bits per heavy atom. The summed E-state index contributed by atoms with van der Waals surface area (Å²) in [6, 6.07) is 8.63. The highest BCUT2D eigenvalue weighted by Gasteiger charge is 2.07. The van der Waals surface area contributed by atoms with E-state index in [0.29, 0.717) is 21.6 Å². The molecule has 0 bridgehead atoms. The highest BCUT2D eigenvalue weighted by Crippen LogP contribution is 2.13. The first-order valence-electron chi connectivity index (χ1n) is 5.68. The van der Waals surface area contributed by atoms with Crippen molar-refractivity contribution in [2.45, 2.75) is 13.2 Å². The van der Waals surface area contributed by atoms with E-state index < -0.39 is 0 Å². The van der Waals surface area contributed by atoms with Crippen LogP contribution in [0.2, 0.25) is 0 Å². The molecule has 3 N–H and O–H groups in total. The fraction of sp³-hybridized carbons (Fsp3) is 0.154. The van der Waals surface area contributed by atoms with Gasteiger partial charge in [0.15, 0.2) is 5.69 Å². The molecule has 0 aliphatic heterocycles. The summed E-state index contributed by atoms with van der Waals surface area (Å²) in [6.45, 7) is -0.300. The fourth-order valence-electron chi connectivity index (χ4n) is 1.27. The third kappa shape index (κ3) is 5.40. The molecule has 0 aliphatic rings. The van der Waals surface area contributed by atoms with Gasteiger partial charge in [0, 0.05) is 10.8 Å². The molecule has 0 radical (unpaired) electrons. The summed E-state index contributed by atoms with van der Waals surface area (Å²) in [5.41, 5.74) is 1.27. The van der Waals surface area contributed by atoms with Crippen LogP contribution in [0.15, 0.2) is 39.4 Å². The smallest absolute Gasteiger partial charge is 0.259 e. The Bertz CT molecular complexity index is 660. The highest BCUT2D eigenvalue weighted by molar-refractivity contribution is 9.10. The molecule has 2 heterocycles. The van der Waals surface area contributed by atoms with Crippen LogP contribution in [0.4, 0.5) is 0 Å². The summed E-state index contributed by atoms with van der Waals surface area (Å²) in [6.07, 6.45) is 1.46. The molecule has 0 spiro atoms. The normalized spacial score (nSPS) is 9.48. The van der Waals surface area contributed by atoms with Crippen molar-refractivity contribution >= 4 is 31.9 Å². The van der Waals surface area contributed by atoms with Gasteiger partial charge in [0.1, 0.15) is 12.7 Å². The lowest BCUT2D eigenvalue weighted by molar-refractivity contribution is -0.911. The monoisotopic (exact) mass is 416 g/mol. The molecule has 0 fully saturated rings. The van der Waals surface area contributed by atoms with Crippen LogP contribution in [-0.4, -0.2) is 20.4 Å². The van der Waals surface area contributed by atoms with Crippen molar-refractivity contribution in [2.75, 3.05) is 0 Å². The number of aromatic nitrogens is 2. The third-order valence-corrected chi connectivity index (χ3v) is 3.42. The summed E-state index contributed by atoms with van der Waals surface area (Å²) in [4.78, 5) is 3.85. The average molecular weight is 418 g/mol. The molecule has 0 saturated carbocycles. The molecule has 6 nitrogen and oxygen atoms in total. The van der Waals surface area contributed by atoms with Crippen molar-refractivity contribution in [2.24, 2.45) is 0 Å². The molecule has 8 heteroatoms. The zero-order valence-corrected chi connectivity index (χ0v) is 13.9. The lowest BCUT2D eigenvalue weighted by Gasteiger charge is -1.96. The predicted molar refractivity (Wildman–Crippen MR) is 80.0 cm³/mol. The minimum atomic E-state index is -0.163. The van der Waals surface area contributed by atoms with Crippen molar-refractivity contribution in [3.8, 4) is 6.07 Å². The molecule has 2 aromatic heterocycles. The van der Waals surface area contributed by atoms with Crippen molar-refractivity contribution in [1.29, 1.82) is 5.26 Å². The summed E-state index contributed by atoms with van der Waals surface area (Å²) in [7, 11) is 0. The largest absolute Gasteiger partial charge is 0.390 e. The second-order valence-corrected chi connectivity index (χ2v) is 5.51. The number of aliphatic hydroxyl groups excluding tert-OH is 2. The number of nitrogens with zero attached hydrogens (tertiary/aromatic N) is 3. The zero-order valence-electron chi connectivity index (χ0n) is 10.7. The van der Waals surface area contributed by atoms with Gasteiger partial charge < -0.3 is 10.2 Å². The number of aliphatic hydroxyl groups is 2. The van der Waals surface area contributed by atoms with E-state index >= 15 is 0 Å². The van der Waals surface area contributed by atoms with Gasteiger partial charge in [-0.1, -0.05) is 0 Å². The maximum absolute atomic E-state index is 9.02. The van der Waals surface area contributed by atoms with Gasteiger partial charge in [-0.15, -0.1) is 0 Å². The van der Waals surface area contributed by atoms with Crippen LogP contribution in [-0.2, 0) is 13.2 Å². The van der Waals surface area contributed by atoms with Gasteiger partial charge in [-0.2, -0.15) is 5.26 Å². The molecule has 110 valence electrons. The zero-order chi connectivity index (χ0) is 15.8. The molecule has 0 amide bonds. The Balaban J connectivity index is 0.000000211. The van der Waals surface area contributed by atoms with Gasteiger partial charge in [-0.05, 0) is 50.1 Å². The van der Waals surface area contributed by atoms with Crippen molar-refractivity contribution in [1.82, 2.24) is 4.98 Å².